The smallest absolute Gasteiger partial charge is 0.341 e. The number of rotatable bonds is 4. The number of nitrogens with two attached hydrogens (primary N) is 1. The van der Waals surface area contributed by atoms with Crippen LogP contribution >= 0.6 is 0 Å². The molecule has 6 heteroatoms. The largest absolute Gasteiger partial charge is 0.415 e. The Morgan fingerprint density at radius 2 is 1.94 bits per heavy atom. The maximum Gasteiger partial charge on any atom is 0.415 e. The summed E-state index contributed by atoms with van der Waals surface area (Å²) >= 11 is 0. The van der Waals surface area contributed by atoms with Gasteiger partial charge in [-0.05, 0) is 32.6 Å². The molecular weight excluding hydrogens is 233 g/mol. The Kier molecular flexibility index (Phi) is 4.06. The van der Waals surface area contributed by atoms with Gasteiger partial charge in [0.25, 0.3) is 5.91 Å². The Morgan fingerprint density at radius 1 is 1.41 bits per heavy atom. The van der Waals surface area contributed by atoms with Crippen LogP contribution in [0.4, 0.5) is 13.2 Å². The summed E-state index contributed by atoms with van der Waals surface area (Å²) < 4.78 is 37.9. The van der Waals surface area contributed by atoms with Crippen LogP contribution in [-0.4, -0.2) is 35.6 Å². The van der Waals surface area contributed by atoms with E-state index in [0.29, 0.717) is 12.5 Å². The van der Waals surface area contributed by atoms with Crippen LogP contribution in [-0.2, 0) is 4.79 Å². The van der Waals surface area contributed by atoms with Gasteiger partial charge >= 0.3 is 6.18 Å². The van der Waals surface area contributed by atoms with Crippen molar-refractivity contribution in [2.75, 3.05) is 13.1 Å². The summed E-state index contributed by atoms with van der Waals surface area (Å²) in [6, 6.07) is 0. The number of alkyl halides is 3. The van der Waals surface area contributed by atoms with Crippen molar-refractivity contribution >= 4 is 5.91 Å². The standard InChI is InChI=1S/C11H19F3N2O/c1-3-16(7-8-5-4-6-8)9(17)10(2,15)11(12,13)14/h8H,3-7,15H2,1-2H3. The highest BCUT2D eigenvalue weighted by molar-refractivity contribution is 5.86. The van der Waals surface area contributed by atoms with Gasteiger partial charge in [0.15, 0.2) is 5.54 Å². The van der Waals surface area contributed by atoms with E-state index >= 15 is 0 Å². The lowest BCUT2D eigenvalue weighted by molar-refractivity contribution is -0.194. The Balaban J connectivity index is 2.70. The van der Waals surface area contributed by atoms with Crippen LogP contribution in [0.25, 0.3) is 0 Å². The second-order valence-electron chi connectivity index (χ2n) is 4.84. The highest BCUT2D eigenvalue weighted by Gasteiger charge is 2.55. The van der Waals surface area contributed by atoms with Crippen LogP contribution in [0, 0.1) is 5.92 Å². The molecule has 0 saturated heterocycles. The molecule has 0 bridgehead atoms. The number of likely N-dealkylation sites (N-methyl/N-ethyl adjacent to an activating group) is 1. The van der Waals surface area contributed by atoms with Gasteiger partial charge < -0.3 is 10.6 Å². The van der Waals surface area contributed by atoms with Gasteiger partial charge in [-0.25, -0.2) is 0 Å². The average molecular weight is 252 g/mol. The van der Waals surface area contributed by atoms with Crippen LogP contribution in [0.1, 0.15) is 33.1 Å². The first-order valence-corrected chi connectivity index (χ1v) is 5.85. The van der Waals surface area contributed by atoms with Crippen LogP contribution in [0.5, 0.6) is 0 Å². The molecule has 1 fully saturated rings. The summed E-state index contributed by atoms with van der Waals surface area (Å²) in [6.45, 7) is 3.05. The normalized spacial score (nSPS) is 20.6. The highest BCUT2D eigenvalue weighted by Crippen LogP contribution is 2.31. The molecule has 1 saturated carbocycles. The molecule has 3 nitrogen and oxygen atoms in total. The Hall–Kier alpha value is -0.780. The van der Waals surface area contributed by atoms with E-state index in [1.54, 1.807) is 6.92 Å². The van der Waals surface area contributed by atoms with Crippen molar-refractivity contribution < 1.29 is 18.0 Å². The van der Waals surface area contributed by atoms with E-state index < -0.39 is 17.6 Å². The molecule has 0 aromatic carbocycles. The van der Waals surface area contributed by atoms with Crippen LogP contribution in [0.2, 0.25) is 0 Å². The number of amides is 1. The fourth-order valence-corrected chi connectivity index (χ4v) is 1.79. The molecule has 1 aliphatic rings. The topological polar surface area (TPSA) is 46.3 Å². The number of nitrogens with zero attached hydrogens (tertiary/aromatic N) is 1. The zero-order chi connectivity index (χ0) is 13.3. The molecule has 1 amide bonds. The lowest BCUT2D eigenvalue weighted by Crippen LogP contribution is -2.62. The second kappa shape index (κ2) is 4.84. The van der Waals surface area contributed by atoms with Crippen molar-refractivity contribution in [2.24, 2.45) is 11.7 Å². The summed E-state index contributed by atoms with van der Waals surface area (Å²) in [4.78, 5) is 13.0. The molecule has 0 aromatic heterocycles. The minimum Gasteiger partial charge on any atom is -0.341 e. The predicted molar refractivity (Wildman–Crippen MR) is 58.2 cm³/mol. The number of carbonyl (C=O) groups is 1. The Morgan fingerprint density at radius 3 is 2.24 bits per heavy atom. The van der Waals surface area contributed by atoms with Gasteiger partial charge in [0.05, 0.1) is 0 Å². The van der Waals surface area contributed by atoms with Crippen molar-refractivity contribution in [2.45, 2.75) is 44.8 Å². The first kappa shape index (κ1) is 14.3. The van der Waals surface area contributed by atoms with Crippen LogP contribution < -0.4 is 5.73 Å². The highest BCUT2D eigenvalue weighted by atomic mass is 19.4. The fraction of sp³-hybridized carbons (Fsp3) is 0.909. The Labute approximate surface area is 99.1 Å². The molecule has 0 radical (unpaired) electrons. The molecular formula is C11H19F3N2O. The van der Waals surface area contributed by atoms with Crippen molar-refractivity contribution in [3.05, 3.63) is 0 Å². The minimum absolute atomic E-state index is 0.262. The molecule has 0 aliphatic heterocycles. The van der Waals surface area contributed by atoms with Gasteiger partial charge in [-0.15, -0.1) is 0 Å². The van der Waals surface area contributed by atoms with Crippen molar-refractivity contribution in [1.29, 1.82) is 0 Å². The zero-order valence-corrected chi connectivity index (χ0v) is 10.2. The summed E-state index contributed by atoms with van der Waals surface area (Å²) in [5.74, 6) is -0.692. The third-order valence-electron chi connectivity index (χ3n) is 3.41. The maximum absolute atomic E-state index is 12.6. The third-order valence-corrected chi connectivity index (χ3v) is 3.41. The zero-order valence-electron chi connectivity index (χ0n) is 10.2. The number of halogens is 3. The van der Waals surface area contributed by atoms with Crippen LogP contribution in [0.3, 0.4) is 0 Å². The summed E-state index contributed by atoms with van der Waals surface area (Å²) in [5, 5.41) is 0. The van der Waals surface area contributed by atoms with E-state index in [0.717, 1.165) is 26.2 Å². The molecule has 17 heavy (non-hydrogen) atoms. The van der Waals surface area contributed by atoms with E-state index in [9.17, 15) is 18.0 Å². The van der Waals surface area contributed by atoms with E-state index in [-0.39, 0.29) is 6.54 Å². The molecule has 1 rings (SSSR count). The number of hydrogen-bond acceptors (Lipinski definition) is 2. The molecule has 1 aliphatic carbocycles. The monoisotopic (exact) mass is 252 g/mol. The van der Waals surface area contributed by atoms with E-state index in [4.69, 9.17) is 5.73 Å². The fourth-order valence-electron chi connectivity index (χ4n) is 1.79. The Bertz CT molecular complexity index is 285. The van der Waals surface area contributed by atoms with Gasteiger partial charge in [-0.1, -0.05) is 6.42 Å². The molecule has 1 unspecified atom stereocenters. The van der Waals surface area contributed by atoms with Crippen molar-refractivity contribution in [1.82, 2.24) is 4.90 Å². The first-order chi connectivity index (χ1) is 7.70. The van der Waals surface area contributed by atoms with Gasteiger partial charge in [-0.2, -0.15) is 13.2 Å². The van der Waals surface area contributed by atoms with Crippen molar-refractivity contribution in [3.63, 3.8) is 0 Å². The van der Waals surface area contributed by atoms with Gasteiger partial charge in [0.1, 0.15) is 0 Å². The van der Waals surface area contributed by atoms with Gasteiger partial charge in [0, 0.05) is 13.1 Å². The number of hydrogen-bond donors (Lipinski definition) is 1. The number of carbonyl (C=O) groups excluding carboxylic acids is 1. The predicted octanol–water partition coefficient (Wildman–Crippen LogP) is 1.91. The average Bonchev–Trinajstić information content (AvgIpc) is 2.13. The quantitative estimate of drug-likeness (QED) is 0.830. The van der Waals surface area contributed by atoms with E-state index in [1.807, 2.05) is 0 Å². The van der Waals surface area contributed by atoms with Gasteiger partial charge in [-0.3, -0.25) is 4.79 Å². The summed E-state index contributed by atoms with van der Waals surface area (Å²) in [6.07, 6.45) is -1.65. The van der Waals surface area contributed by atoms with Gasteiger partial charge in [0.2, 0.25) is 0 Å². The summed E-state index contributed by atoms with van der Waals surface area (Å²) in [7, 11) is 0. The minimum atomic E-state index is -4.71. The summed E-state index contributed by atoms with van der Waals surface area (Å²) in [5.41, 5.74) is 2.35. The molecule has 1 atom stereocenters. The lowest BCUT2D eigenvalue weighted by Gasteiger charge is -2.36. The van der Waals surface area contributed by atoms with E-state index in [2.05, 4.69) is 0 Å². The second-order valence-corrected chi connectivity index (χ2v) is 4.84. The maximum atomic E-state index is 12.6. The first-order valence-electron chi connectivity index (χ1n) is 5.85. The lowest BCUT2D eigenvalue weighted by atomic mass is 9.84. The molecule has 0 heterocycles. The molecule has 0 spiro atoms. The third kappa shape index (κ3) is 2.91. The SMILES string of the molecule is CCN(CC1CCC1)C(=O)C(C)(N)C(F)(F)F. The van der Waals surface area contributed by atoms with E-state index in [1.165, 1.54) is 4.90 Å². The molecule has 2 N–H and O–H groups in total. The molecule has 100 valence electrons. The molecule has 0 aromatic rings. The van der Waals surface area contributed by atoms with Crippen LogP contribution in [0.15, 0.2) is 0 Å². The van der Waals surface area contributed by atoms with Crippen molar-refractivity contribution in [3.8, 4) is 0 Å².